The summed E-state index contributed by atoms with van der Waals surface area (Å²) in [5.41, 5.74) is 2.54. The predicted molar refractivity (Wildman–Crippen MR) is 133 cm³/mol. The Kier molecular flexibility index (Phi) is 8.63. The van der Waals surface area contributed by atoms with E-state index < -0.39 is 6.04 Å². The maximum atomic E-state index is 13.6. The second-order valence-electron chi connectivity index (χ2n) is 8.83. The Balaban J connectivity index is 1.60. The van der Waals surface area contributed by atoms with Gasteiger partial charge in [0.1, 0.15) is 11.9 Å². The minimum Gasteiger partial charge on any atom is -0.376 e. The Morgan fingerprint density at radius 3 is 2.29 bits per heavy atom. The fourth-order valence-corrected chi connectivity index (χ4v) is 4.37. The van der Waals surface area contributed by atoms with Crippen LogP contribution in [-0.2, 0) is 27.3 Å². The molecule has 1 heterocycles. The molecule has 0 spiro atoms. The number of carbonyl (C=O) groups is 2. The molecule has 1 aliphatic rings. The molecule has 0 aromatic heterocycles. The molecule has 182 valence electrons. The van der Waals surface area contributed by atoms with E-state index in [1.54, 1.807) is 17.0 Å². The van der Waals surface area contributed by atoms with Gasteiger partial charge in [-0.1, -0.05) is 72.8 Å². The zero-order valence-electron chi connectivity index (χ0n) is 19.7. The summed E-state index contributed by atoms with van der Waals surface area (Å²) >= 11 is 0. The van der Waals surface area contributed by atoms with Gasteiger partial charge in [0, 0.05) is 26.1 Å². The molecule has 2 atom stereocenters. The highest BCUT2D eigenvalue weighted by Crippen LogP contribution is 2.25. The van der Waals surface area contributed by atoms with E-state index in [1.165, 1.54) is 12.1 Å². The van der Waals surface area contributed by atoms with Crippen molar-refractivity contribution in [3.63, 3.8) is 0 Å². The number of benzene rings is 3. The van der Waals surface area contributed by atoms with Crippen molar-refractivity contribution in [3.05, 3.63) is 107 Å². The lowest BCUT2D eigenvalue weighted by Gasteiger charge is -2.32. The van der Waals surface area contributed by atoms with Gasteiger partial charge < -0.3 is 15.0 Å². The van der Waals surface area contributed by atoms with Crippen molar-refractivity contribution in [1.29, 1.82) is 0 Å². The second-order valence-corrected chi connectivity index (χ2v) is 8.83. The summed E-state index contributed by atoms with van der Waals surface area (Å²) in [7, 11) is 0. The molecule has 3 aromatic carbocycles. The number of amides is 2. The summed E-state index contributed by atoms with van der Waals surface area (Å²) in [6.07, 6.45) is 2.71. The number of nitrogens with zero attached hydrogens (tertiary/aromatic N) is 1. The predicted octanol–water partition coefficient (Wildman–Crippen LogP) is 4.82. The zero-order chi connectivity index (χ0) is 24.5. The lowest BCUT2D eigenvalue weighted by molar-refractivity contribution is -0.141. The number of nitrogens with one attached hydrogen (secondary N) is 1. The normalized spacial score (nSPS) is 16.0. The molecule has 0 aliphatic carbocycles. The topological polar surface area (TPSA) is 58.6 Å². The fraction of sp³-hybridized carbons (Fsp3) is 0.310. The molecule has 0 radical (unpaired) electrons. The van der Waals surface area contributed by atoms with Crippen LogP contribution in [0.4, 0.5) is 4.39 Å². The van der Waals surface area contributed by atoms with Crippen molar-refractivity contribution in [2.75, 3.05) is 13.2 Å². The van der Waals surface area contributed by atoms with Crippen LogP contribution < -0.4 is 5.32 Å². The zero-order valence-corrected chi connectivity index (χ0v) is 19.7. The summed E-state index contributed by atoms with van der Waals surface area (Å²) < 4.78 is 19.2. The van der Waals surface area contributed by atoms with Crippen molar-refractivity contribution < 1.29 is 18.7 Å². The summed E-state index contributed by atoms with van der Waals surface area (Å²) in [5, 5.41) is 3.01. The minimum absolute atomic E-state index is 0.00490. The molecule has 5 nitrogen and oxygen atoms in total. The van der Waals surface area contributed by atoms with E-state index in [0.717, 1.165) is 29.5 Å². The summed E-state index contributed by atoms with van der Waals surface area (Å²) in [4.78, 5) is 28.8. The van der Waals surface area contributed by atoms with Crippen LogP contribution in [-0.4, -0.2) is 36.0 Å². The van der Waals surface area contributed by atoms with Crippen molar-refractivity contribution in [2.24, 2.45) is 0 Å². The molecule has 6 heteroatoms. The third-order valence-electron chi connectivity index (χ3n) is 6.26. The molecular weight excluding hydrogens is 443 g/mol. The van der Waals surface area contributed by atoms with Crippen LogP contribution >= 0.6 is 0 Å². The number of halogens is 1. The molecule has 4 rings (SSSR count). The van der Waals surface area contributed by atoms with Gasteiger partial charge in [-0.05, 0) is 48.1 Å². The van der Waals surface area contributed by atoms with Crippen molar-refractivity contribution in [1.82, 2.24) is 10.2 Å². The van der Waals surface area contributed by atoms with Crippen molar-refractivity contribution >= 4 is 11.8 Å². The number of rotatable bonds is 10. The van der Waals surface area contributed by atoms with Gasteiger partial charge in [0.25, 0.3) is 0 Å². The van der Waals surface area contributed by atoms with Crippen molar-refractivity contribution in [2.45, 2.75) is 44.4 Å². The maximum Gasteiger partial charge on any atom is 0.247 e. The molecule has 1 fully saturated rings. The Morgan fingerprint density at radius 2 is 1.63 bits per heavy atom. The number of carbonyl (C=O) groups excluding carboxylic acids is 2. The van der Waals surface area contributed by atoms with Gasteiger partial charge >= 0.3 is 0 Å². The van der Waals surface area contributed by atoms with Gasteiger partial charge in [-0.2, -0.15) is 0 Å². The van der Waals surface area contributed by atoms with E-state index in [2.05, 4.69) is 5.32 Å². The fourth-order valence-electron chi connectivity index (χ4n) is 4.37. The first kappa shape index (κ1) is 24.6. The third-order valence-corrected chi connectivity index (χ3v) is 6.26. The lowest BCUT2D eigenvalue weighted by atomic mass is 10.0. The van der Waals surface area contributed by atoms with Crippen LogP contribution in [0.15, 0.2) is 84.9 Å². The first-order chi connectivity index (χ1) is 17.1. The molecule has 0 unspecified atom stereocenters. The van der Waals surface area contributed by atoms with Crippen LogP contribution in [0.3, 0.4) is 0 Å². The molecule has 3 aromatic rings. The van der Waals surface area contributed by atoms with E-state index >= 15 is 0 Å². The third kappa shape index (κ3) is 6.99. The largest absolute Gasteiger partial charge is 0.376 e. The first-order valence-corrected chi connectivity index (χ1v) is 12.1. The van der Waals surface area contributed by atoms with Crippen molar-refractivity contribution in [3.8, 4) is 0 Å². The second kappa shape index (κ2) is 12.3. The van der Waals surface area contributed by atoms with E-state index in [0.29, 0.717) is 19.6 Å². The number of hydrogen-bond donors (Lipinski definition) is 1. The Morgan fingerprint density at radius 1 is 0.943 bits per heavy atom. The molecule has 2 amide bonds. The van der Waals surface area contributed by atoms with E-state index in [9.17, 15) is 14.0 Å². The smallest absolute Gasteiger partial charge is 0.247 e. The highest BCUT2D eigenvalue weighted by molar-refractivity contribution is 5.88. The Hall–Kier alpha value is -3.51. The van der Waals surface area contributed by atoms with Crippen LogP contribution in [0, 0.1) is 5.82 Å². The van der Waals surface area contributed by atoms with Crippen LogP contribution in [0.5, 0.6) is 0 Å². The van der Waals surface area contributed by atoms with Gasteiger partial charge in [-0.3, -0.25) is 9.59 Å². The average Bonchev–Trinajstić information content (AvgIpc) is 3.42. The van der Waals surface area contributed by atoms with E-state index in [1.807, 2.05) is 60.7 Å². The molecule has 35 heavy (non-hydrogen) atoms. The Bertz CT molecular complexity index is 1080. The van der Waals surface area contributed by atoms with Crippen LogP contribution in [0.1, 0.15) is 42.0 Å². The minimum atomic E-state index is -0.814. The lowest BCUT2D eigenvalue weighted by Crippen LogP contribution is -2.45. The number of ether oxygens (including phenoxy) is 1. The van der Waals surface area contributed by atoms with E-state index in [-0.39, 0.29) is 36.7 Å². The first-order valence-electron chi connectivity index (χ1n) is 12.1. The SMILES string of the molecule is O=C(NC[C@@H]1CCCO1)[C@@H](c1ccccc1)N(Cc1ccc(F)cc1)C(=O)CCc1ccccc1. The summed E-state index contributed by atoms with van der Waals surface area (Å²) in [6.45, 7) is 1.31. The monoisotopic (exact) mass is 474 g/mol. The standard InChI is InChI=1S/C29H31FN2O3/c30-25-16-13-23(14-17-25)21-32(27(33)18-15-22-8-3-1-4-9-22)28(24-10-5-2-6-11-24)29(34)31-20-26-12-7-19-35-26/h1-6,8-11,13-14,16-17,26,28H,7,12,15,18-21H2,(H,31,34)/t26-,28+/m0/s1. The van der Waals surface area contributed by atoms with Gasteiger partial charge in [-0.15, -0.1) is 0 Å². The van der Waals surface area contributed by atoms with Gasteiger partial charge in [0.2, 0.25) is 11.8 Å². The molecular formula is C29H31FN2O3. The summed E-state index contributed by atoms with van der Waals surface area (Å²) in [5.74, 6) is -0.731. The number of aryl methyl sites for hydroxylation is 1. The molecule has 1 saturated heterocycles. The van der Waals surface area contributed by atoms with Crippen LogP contribution in [0.25, 0.3) is 0 Å². The Labute approximate surface area is 205 Å². The molecule has 0 bridgehead atoms. The number of hydrogen-bond acceptors (Lipinski definition) is 3. The molecule has 1 N–H and O–H groups in total. The van der Waals surface area contributed by atoms with Crippen LogP contribution in [0.2, 0.25) is 0 Å². The maximum absolute atomic E-state index is 13.6. The highest BCUT2D eigenvalue weighted by atomic mass is 19.1. The van der Waals surface area contributed by atoms with Gasteiger partial charge in [-0.25, -0.2) is 4.39 Å². The van der Waals surface area contributed by atoms with Gasteiger partial charge in [0.05, 0.1) is 6.10 Å². The summed E-state index contributed by atoms with van der Waals surface area (Å²) in [6, 6.07) is 24.4. The van der Waals surface area contributed by atoms with Gasteiger partial charge in [0.15, 0.2) is 0 Å². The average molecular weight is 475 g/mol. The quantitative estimate of drug-likeness (QED) is 0.458. The highest BCUT2D eigenvalue weighted by Gasteiger charge is 2.32. The molecule has 1 aliphatic heterocycles. The molecule has 0 saturated carbocycles. The van der Waals surface area contributed by atoms with E-state index in [4.69, 9.17) is 4.74 Å².